The zero-order valence-corrected chi connectivity index (χ0v) is 10.3. The smallest absolute Gasteiger partial charge is 0.237 e. The largest absolute Gasteiger partial charge is 0.351 e. The number of rotatable bonds is 6. The molecular weight excluding hydrogens is 218 g/mol. The molecule has 5 heteroatoms. The first-order valence-electron chi connectivity index (χ1n) is 5.99. The summed E-state index contributed by atoms with van der Waals surface area (Å²) >= 11 is 0. The first-order valence-corrected chi connectivity index (χ1v) is 5.99. The minimum Gasteiger partial charge on any atom is -0.351 e. The van der Waals surface area contributed by atoms with Gasteiger partial charge < -0.3 is 16.0 Å². The number of nitrogens with one attached hydrogen (secondary N) is 1. The Balaban J connectivity index is 2.33. The highest BCUT2D eigenvalue weighted by molar-refractivity contribution is 5.82. The van der Waals surface area contributed by atoms with Gasteiger partial charge in [0.05, 0.1) is 6.04 Å². The van der Waals surface area contributed by atoms with Crippen LogP contribution in [0.15, 0.2) is 12.7 Å². The van der Waals surface area contributed by atoms with E-state index in [0.29, 0.717) is 19.4 Å². The highest BCUT2D eigenvalue weighted by atomic mass is 16.2. The van der Waals surface area contributed by atoms with E-state index in [-0.39, 0.29) is 17.9 Å². The fourth-order valence-electron chi connectivity index (χ4n) is 1.91. The molecule has 2 atom stereocenters. The molecule has 1 saturated heterocycles. The minimum absolute atomic E-state index is 0.0691. The monoisotopic (exact) mass is 239 g/mol. The lowest BCUT2D eigenvalue weighted by Gasteiger charge is -2.22. The molecule has 2 amide bonds. The lowest BCUT2D eigenvalue weighted by molar-refractivity contribution is -0.129. The van der Waals surface area contributed by atoms with Crippen molar-refractivity contribution in [3.8, 4) is 0 Å². The maximum absolute atomic E-state index is 11.6. The van der Waals surface area contributed by atoms with E-state index < -0.39 is 6.04 Å². The molecule has 96 valence electrons. The van der Waals surface area contributed by atoms with Crippen molar-refractivity contribution in [1.29, 1.82) is 0 Å². The number of hydrogen-bond acceptors (Lipinski definition) is 3. The summed E-state index contributed by atoms with van der Waals surface area (Å²) in [5.74, 6) is -0.0227. The van der Waals surface area contributed by atoms with Crippen LogP contribution in [0.1, 0.15) is 26.2 Å². The van der Waals surface area contributed by atoms with Gasteiger partial charge in [-0.05, 0) is 19.8 Å². The van der Waals surface area contributed by atoms with Gasteiger partial charge in [-0.3, -0.25) is 9.59 Å². The molecule has 0 radical (unpaired) electrons. The number of nitrogens with zero attached hydrogens (tertiary/aromatic N) is 1. The molecule has 17 heavy (non-hydrogen) atoms. The van der Waals surface area contributed by atoms with Gasteiger partial charge in [-0.2, -0.15) is 0 Å². The first-order chi connectivity index (χ1) is 8.04. The van der Waals surface area contributed by atoms with E-state index in [0.717, 1.165) is 13.0 Å². The van der Waals surface area contributed by atoms with Crippen LogP contribution in [0.2, 0.25) is 0 Å². The van der Waals surface area contributed by atoms with Crippen LogP contribution in [-0.2, 0) is 9.59 Å². The Morgan fingerprint density at radius 2 is 2.41 bits per heavy atom. The van der Waals surface area contributed by atoms with Gasteiger partial charge in [-0.25, -0.2) is 0 Å². The van der Waals surface area contributed by atoms with Crippen molar-refractivity contribution in [2.45, 2.75) is 38.3 Å². The quantitative estimate of drug-likeness (QED) is 0.641. The Morgan fingerprint density at radius 3 is 2.94 bits per heavy atom. The van der Waals surface area contributed by atoms with Gasteiger partial charge >= 0.3 is 0 Å². The fourth-order valence-corrected chi connectivity index (χ4v) is 1.91. The molecule has 0 spiro atoms. The second kappa shape index (κ2) is 6.39. The second-order valence-corrected chi connectivity index (χ2v) is 4.48. The molecule has 0 bridgehead atoms. The summed E-state index contributed by atoms with van der Waals surface area (Å²) in [6.07, 6.45) is 3.62. The predicted octanol–water partition coefficient (Wildman–Crippen LogP) is 0.0169. The van der Waals surface area contributed by atoms with Crippen LogP contribution in [0.4, 0.5) is 0 Å². The molecular formula is C12H21N3O2. The first kappa shape index (κ1) is 13.7. The summed E-state index contributed by atoms with van der Waals surface area (Å²) in [7, 11) is 0. The number of amides is 2. The topological polar surface area (TPSA) is 75.4 Å². The summed E-state index contributed by atoms with van der Waals surface area (Å²) in [5.41, 5.74) is 5.65. The SMILES string of the molecule is C=CCC(N)C(=O)NC(C)CN1CCCC1=O. The van der Waals surface area contributed by atoms with E-state index in [9.17, 15) is 9.59 Å². The Morgan fingerprint density at radius 1 is 1.71 bits per heavy atom. The van der Waals surface area contributed by atoms with Crippen LogP contribution in [0, 0.1) is 0 Å². The molecule has 1 heterocycles. The minimum atomic E-state index is -0.552. The maximum Gasteiger partial charge on any atom is 0.237 e. The molecule has 0 aromatic carbocycles. The molecule has 5 nitrogen and oxygen atoms in total. The average molecular weight is 239 g/mol. The van der Waals surface area contributed by atoms with Gasteiger partial charge in [0.15, 0.2) is 0 Å². The molecule has 2 unspecified atom stereocenters. The van der Waals surface area contributed by atoms with Gasteiger partial charge in [-0.15, -0.1) is 6.58 Å². The van der Waals surface area contributed by atoms with E-state index in [2.05, 4.69) is 11.9 Å². The van der Waals surface area contributed by atoms with Gasteiger partial charge in [-0.1, -0.05) is 6.08 Å². The molecule has 1 aliphatic rings. The van der Waals surface area contributed by atoms with E-state index in [1.165, 1.54) is 0 Å². The van der Waals surface area contributed by atoms with Crippen LogP contribution in [0.3, 0.4) is 0 Å². The molecule has 1 fully saturated rings. The third kappa shape index (κ3) is 4.19. The maximum atomic E-state index is 11.6. The van der Waals surface area contributed by atoms with Crippen LogP contribution in [0.25, 0.3) is 0 Å². The van der Waals surface area contributed by atoms with Gasteiger partial charge in [0.1, 0.15) is 0 Å². The fraction of sp³-hybridized carbons (Fsp3) is 0.667. The summed E-state index contributed by atoms with van der Waals surface area (Å²) in [5, 5.41) is 2.81. The van der Waals surface area contributed by atoms with Crippen molar-refractivity contribution in [2.24, 2.45) is 5.73 Å². The normalized spacial score (nSPS) is 18.9. The van der Waals surface area contributed by atoms with Crippen LogP contribution < -0.4 is 11.1 Å². The van der Waals surface area contributed by atoms with Crippen molar-refractivity contribution < 1.29 is 9.59 Å². The Bertz CT molecular complexity index is 304. The second-order valence-electron chi connectivity index (χ2n) is 4.48. The van der Waals surface area contributed by atoms with Gasteiger partial charge in [0.25, 0.3) is 0 Å². The molecule has 0 aromatic heterocycles. The van der Waals surface area contributed by atoms with Crippen molar-refractivity contribution in [1.82, 2.24) is 10.2 Å². The van der Waals surface area contributed by atoms with Gasteiger partial charge in [0.2, 0.25) is 11.8 Å². The Kier molecular flexibility index (Phi) is 5.15. The van der Waals surface area contributed by atoms with Crippen LogP contribution in [0.5, 0.6) is 0 Å². The Hall–Kier alpha value is -1.36. The summed E-state index contributed by atoms with van der Waals surface area (Å²) in [6.45, 7) is 6.77. The van der Waals surface area contributed by atoms with E-state index in [1.54, 1.807) is 11.0 Å². The number of nitrogens with two attached hydrogens (primary N) is 1. The number of carbonyl (C=O) groups excluding carboxylic acids is 2. The highest BCUT2D eigenvalue weighted by Crippen LogP contribution is 2.09. The average Bonchev–Trinajstić information content (AvgIpc) is 2.64. The van der Waals surface area contributed by atoms with Crippen LogP contribution >= 0.6 is 0 Å². The zero-order valence-electron chi connectivity index (χ0n) is 10.3. The number of likely N-dealkylation sites (tertiary alicyclic amines) is 1. The predicted molar refractivity (Wildman–Crippen MR) is 66.2 cm³/mol. The van der Waals surface area contributed by atoms with E-state index >= 15 is 0 Å². The molecule has 3 N–H and O–H groups in total. The lowest BCUT2D eigenvalue weighted by Crippen LogP contribution is -2.48. The van der Waals surface area contributed by atoms with Crippen molar-refractivity contribution >= 4 is 11.8 Å². The molecule has 1 aliphatic heterocycles. The molecule has 0 aliphatic carbocycles. The number of carbonyl (C=O) groups is 2. The number of hydrogen-bond donors (Lipinski definition) is 2. The molecule has 1 rings (SSSR count). The third-order valence-corrected chi connectivity index (χ3v) is 2.81. The molecule has 0 aromatic rings. The van der Waals surface area contributed by atoms with Crippen molar-refractivity contribution in [3.63, 3.8) is 0 Å². The van der Waals surface area contributed by atoms with Crippen molar-refractivity contribution in [3.05, 3.63) is 12.7 Å². The van der Waals surface area contributed by atoms with Crippen LogP contribution in [-0.4, -0.2) is 41.9 Å². The van der Waals surface area contributed by atoms with Gasteiger partial charge in [0, 0.05) is 25.6 Å². The highest BCUT2D eigenvalue weighted by Gasteiger charge is 2.23. The molecule has 0 saturated carbocycles. The Labute approximate surface area is 102 Å². The zero-order chi connectivity index (χ0) is 12.8. The summed E-state index contributed by atoms with van der Waals surface area (Å²) in [4.78, 5) is 24.8. The lowest BCUT2D eigenvalue weighted by atomic mass is 10.2. The van der Waals surface area contributed by atoms with E-state index in [1.807, 2.05) is 6.92 Å². The third-order valence-electron chi connectivity index (χ3n) is 2.81. The van der Waals surface area contributed by atoms with Crippen molar-refractivity contribution in [2.75, 3.05) is 13.1 Å². The standard InChI is InChI=1S/C12H21N3O2/c1-3-5-10(13)12(17)14-9(2)8-15-7-4-6-11(15)16/h3,9-10H,1,4-8,13H2,2H3,(H,14,17). The summed E-state index contributed by atoms with van der Waals surface area (Å²) < 4.78 is 0. The summed E-state index contributed by atoms with van der Waals surface area (Å²) in [6, 6.07) is -0.621. The van der Waals surface area contributed by atoms with E-state index in [4.69, 9.17) is 5.73 Å².